The molecule has 0 radical (unpaired) electrons. The van der Waals surface area contributed by atoms with Gasteiger partial charge < -0.3 is 13.6 Å². The lowest BCUT2D eigenvalue weighted by atomic mass is 10.5. The minimum Gasteiger partial charge on any atom is -0.456 e. The molecule has 5 nitrogen and oxygen atoms in total. The van der Waals surface area contributed by atoms with Crippen LogP contribution in [0.1, 0.15) is 20.8 Å². The van der Waals surface area contributed by atoms with Crippen LogP contribution < -0.4 is 0 Å². The zero-order valence-corrected chi connectivity index (χ0v) is 13.5. The van der Waals surface area contributed by atoms with E-state index in [9.17, 15) is 4.57 Å². The maximum atomic E-state index is 12.2. The summed E-state index contributed by atoms with van der Waals surface area (Å²) < 4.78 is 27.9. The summed E-state index contributed by atoms with van der Waals surface area (Å²) in [6.45, 7) is 12.2. The Hall–Kier alpha value is -0.163. The minimum absolute atomic E-state index is 0.180. The van der Waals surface area contributed by atoms with Crippen LogP contribution in [0.5, 0.6) is 0 Å². The summed E-state index contributed by atoms with van der Waals surface area (Å²) in [4.78, 5) is 0. The standard InChI is InChI=1S/C10H24NO4PSi/c1-7-13-16(12,14-8-2)9-10(3)11-15-17(4,5)6/h7-9H2,1-6H3/b11-10+. The molecule has 0 amide bonds. The second-order valence-corrected chi connectivity index (χ2v) is 11.1. The molecule has 0 unspecified atom stereocenters. The van der Waals surface area contributed by atoms with Crippen LogP contribution in [0.4, 0.5) is 0 Å². The lowest BCUT2D eigenvalue weighted by Gasteiger charge is -2.18. The van der Waals surface area contributed by atoms with Gasteiger partial charge in [0, 0.05) is 0 Å². The van der Waals surface area contributed by atoms with Gasteiger partial charge in [0.25, 0.3) is 8.32 Å². The van der Waals surface area contributed by atoms with Crippen LogP contribution in [0.2, 0.25) is 19.6 Å². The molecule has 0 atom stereocenters. The van der Waals surface area contributed by atoms with Crippen LogP contribution in [0, 0.1) is 0 Å². The van der Waals surface area contributed by atoms with Crippen LogP contribution in [0.3, 0.4) is 0 Å². The number of rotatable bonds is 8. The van der Waals surface area contributed by atoms with Gasteiger partial charge in [-0.3, -0.25) is 4.57 Å². The van der Waals surface area contributed by atoms with Crippen LogP contribution >= 0.6 is 7.60 Å². The Bertz CT molecular complexity index is 291. The predicted octanol–water partition coefficient (Wildman–Crippen LogP) is 3.48. The van der Waals surface area contributed by atoms with Crippen LogP contribution in [-0.2, 0) is 18.1 Å². The van der Waals surface area contributed by atoms with Crippen molar-refractivity contribution in [2.24, 2.45) is 5.16 Å². The third kappa shape index (κ3) is 8.55. The van der Waals surface area contributed by atoms with E-state index in [1.807, 2.05) is 19.6 Å². The van der Waals surface area contributed by atoms with Crippen molar-refractivity contribution in [2.45, 2.75) is 40.4 Å². The van der Waals surface area contributed by atoms with Crippen molar-refractivity contribution in [3.05, 3.63) is 0 Å². The molecule has 17 heavy (non-hydrogen) atoms. The van der Waals surface area contributed by atoms with Crippen molar-refractivity contribution < 1.29 is 18.1 Å². The highest BCUT2D eigenvalue weighted by Crippen LogP contribution is 2.47. The first-order valence-corrected chi connectivity index (χ1v) is 11.0. The van der Waals surface area contributed by atoms with Gasteiger partial charge in [0.15, 0.2) is 0 Å². The van der Waals surface area contributed by atoms with E-state index in [4.69, 9.17) is 13.6 Å². The fourth-order valence-electron chi connectivity index (χ4n) is 1.05. The Kier molecular flexibility index (Phi) is 7.24. The Balaban J connectivity index is 4.50. The molecule has 0 fully saturated rings. The summed E-state index contributed by atoms with van der Waals surface area (Å²) >= 11 is 0. The predicted molar refractivity (Wildman–Crippen MR) is 73.3 cm³/mol. The maximum absolute atomic E-state index is 12.2. The van der Waals surface area contributed by atoms with Gasteiger partial charge in [-0.25, -0.2) is 0 Å². The molecule has 0 bridgehead atoms. The van der Waals surface area contributed by atoms with Crippen LogP contribution in [-0.4, -0.2) is 33.4 Å². The largest absolute Gasteiger partial charge is 0.456 e. The monoisotopic (exact) mass is 281 g/mol. The van der Waals surface area contributed by atoms with Crippen molar-refractivity contribution in [1.29, 1.82) is 0 Å². The molecule has 0 heterocycles. The van der Waals surface area contributed by atoms with Crippen molar-refractivity contribution in [3.8, 4) is 0 Å². The fraction of sp³-hybridized carbons (Fsp3) is 0.900. The first kappa shape index (κ1) is 16.8. The van der Waals surface area contributed by atoms with Crippen LogP contribution in [0.25, 0.3) is 0 Å². The van der Waals surface area contributed by atoms with Gasteiger partial charge in [0.1, 0.15) is 0 Å². The summed E-state index contributed by atoms with van der Waals surface area (Å²) in [6.07, 6.45) is 0.180. The van der Waals surface area contributed by atoms with Gasteiger partial charge >= 0.3 is 7.60 Å². The Morgan fingerprint density at radius 2 is 1.65 bits per heavy atom. The van der Waals surface area contributed by atoms with Gasteiger partial charge in [-0.2, -0.15) is 0 Å². The highest BCUT2D eigenvalue weighted by Gasteiger charge is 2.25. The molecule has 102 valence electrons. The lowest BCUT2D eigenvalue weighted by Crippen LogP contribution is -2.23. The maximum Gasteiger partial charge on any atom is 0.336 e. The Morgan fingerprint density at radius 3 is 2.00 bits per heavy atom. The molecule has 0 aliphatic heterocycles. The first-order chi connectivity index (χ1) is 7.72. The molecular formula is C10H24NO4PSi. The number of oxime groups is 1. The van der Waals surface area contributed by atoms with Gasteiger partial charge in [0.2, 0.25) is 0 Å². The van der Waals surface area contributed by atoms with E-state index in [0.29, 0.717) is 18.9 Å². The first-order valence-electron chi connectivity index (χ1n) is 5.82. The summed E-state index contributed by atoms with van der Waals surface area (Å²) in [5, 5.41) is 3.99. The van der Waals surface area contributed by atoms with Crippen molar-refractivity contribution in [1.82, 2.24) is 0 Å². The fourth-order valence-corrected chi connectivity index (χ4v) is 3.14. The number of nitrogens with zero attached hydrogens (tertiary/aromatic N) is 1. The zero-order valence-electron chi connectivity index (χ0n) is 11.6. The second-order valence-electron chi connectivity index (χ2n) is 4.63. The molecular weight excluding hydrogens is 257 g/mol. The van der Waals surface area contributed by atoms with E-state index in [1.165, 1.54) is 0 Å². The molecule has 0 saturated carbocycles. The Morgan fingerprint density at radius 1 is 1.18 bits per heavy atom. The molecule has 0 N–H and O–H groups in total. The minimum atomic E-state index is -3.05. The van der Waals surface area contributed by atoms with E-state index < -0.39 is 15.9 Å². The average molecular weight is 281 g/mol. The third-order valence-corrected chi connectivity index (χ3v) is 4.34. The molecule has 0 rings (SSSR count). The summed E-state index contributed by atoms with van der Waals surface area (Å²) in [7, 11) is -4.74. The molecule has 0 aromatic carbocycles. The smallest absolute Gasteiger partial charge is 0.336 e. The van der Waals surface area contributed by atoms with E-state index in [1.54, 1.807) is 20.8 Å². The molecule has 0 aromatic rings. The van der Waals surface area contributed by atoms with Crippen molar-refractivity contribution >= 4 is 21.6 Å². The Labute approximate surface area is 105 Å². The van der Waals surface area contributed by atoms with E-state index >= 15 is 0 Å². The normalized spacial score (nSPS) is 13.9. The van der Waals surface area contributed by atoms with E-state index in [0.717, 1.165) is 0 Å². The summed E-state index contributed by atoms with van der Waals surface area (Å²) in [5.41, 5.74) is 0.637. The SMILES string of the molecule is CCOP(=O)(C/C(C)=N/O[Si](C)(C)C)OCC. The topological polar surface area (TPSA) is 57.1 Å². The van der Waals surface area contributed by atoms with Gasteiger partial charge in [-0.15, -0.1) is 5.16 Å². The third-order valence-electron chi connectivity index (χ3n) is 1.55. The van der Waals surface area contributed by atoms with Crippen molar-refractivity contribution in [2.75, 3.05) is 19.4 Å². The molecule has 0 aromatic heterocycles. The molecule has 0 aliphatic rings. The number of hydrogen-bond donors (Lipinski definition) is 0. The second kappa shape index (κ2) is 7.31. The molecule has 0 spiro atoms. The summed E-state index contributed by atoms with van der Waals surface area (Å²) in [5.74, 6) is 0. The molecule has 7 heteroatoms. The quantitative estimate of drug-likeness (QED) is 0.296. The highest BCUT2D eigenvalue weighted by molar-refractivity contribution is 7.54. The van der Waals surface area contributed by atoms with Gasteiger partial charge in [-0.05, 0) is 40.4 Å². The van der Waals surface area contributed by atoms with Crippen LogP contribution in [0.15, 0.2) is 5.16 Å². The lowest BCUT2D eigenvalue weighted by molar-refractivity contribution is 0.223. The molecule has 0 aliphatic carbocycles. The van der Waals surface area contributed by atoms with Gasteiger partial charge in [0.05, 0.1) is 25.1 Å². The van der Waals surface area contributed by atoms with Gasteiger partial charge in [-0.1, -0.05) is 0 Å². The zero-order chi connectivity index (χ0) is 13.5. The average Bonchev–Trinajstić information content (AvgIpc) is 2.14. The molecule has 0 saturated heterocycles. The summed E-state index contributed by atoms with van der Waals surface area (Å²) in [6, 6.07) is 0. The number of hydrogen-bond acceptors (Lipinski definition) is 5. The highest BCUT2D eigenvalue weighted by atomic mass is 31.2. The van der Waals surface area contributed by atoms with E-state index in [-0.39, 0.29) is 6.16 Å². The van der Waals surface area contributed by atoms with E-state index in [2.05, 4.69) is 5.16 Å². The van der Waals surface area contributed by atoms with Crippen molar-refractivity contribution in [3.63, 3.8) is 0 Å².